The van der Waals surface area contributed by atoms with E-state index in [0.29, 0.717) is 11.5 Å². The highest BCUT2D eigenvalue weighted by molar-refractivity contribution is 9.13. The van der Waals surface area contributed by atoms with Gasteiger partial charge >= 0.3 is 0 Å². The maximum Gasteiger partial charge on any atom is 0.261 e. The van der Waals surface area contributed by atoms with Crippen LogP contribution in [0.5, 0.6) is 0 Å². The summed E-state index contributed by atoms with van der Waals surface area (Å²) in [5, 5.41) is 2.92. The van der Waals surface area contributed by atoms with Crippen molar-refractivity contribution in [3.63, 3.8) is 0 Å². The van der Waals surface area contributed by atoms with Crippen molar-refractivity contribution in [3.05, 3.63) is 19.2 Å². The summed E-state index contributed by atoms with van der Waals surface area (Å²) in [4.78, 5) is 12.6. The van der Waals surface area contributed by atoms with Gasteiger partial charge in [0.2, 0.25) is 0 Å². The van der Waals surface area contributed by atoms with Gasteiger partial charge in [-0.2, -0.15) is 0 Å². The van der Waals surface area contributed by atoms with Crippen LogP contribution in [-0.4, -0.2) is 25.2 Å². The van der Waals surface area contributed by atoms with Gasteiger partial charge in [0.25, 0.3) is 5.91 Å². The van der Waals surface area contributed by atoms with Crippen LogP contribution in [0.4, 0.5) is 0 Å². The van der Waals surface area contributed by atoms with Crippen LogP contribution in [0.3, 0.4) is 0 Å². The van der Waals surface area contributed by atoms with Gasteiger partial charge in [-0.05, 0) is 51.8 Å². The Hall–Kier alpha value is 0.0900. The second-order valence-corrected chi connectivity index (χ2v) is 7.23. The summed E-state index contributed by atoms with van der Waals surface area (Å²) in [6, 6.07) is 1.80. The quantitative estimate of drug-likeness (QED) is 0.881. The first-order valence-corrected chi connectivity index (χ1v) is 7.02. The fourth-order valence-corrected chi connectivity index (χ4v) is 3.16. The van der Waals surface area contributed by atoms with E-state index in [4.69, 9.17) is 4.74 Å². The smallest absolute Gasteiger partial charge is 0.261 e. The number of thiophene rings is 1. The molecule has 0 saturated heterocycles. The SMILES string of the molecule is COCC(C)(C)NC(=O)c1cc(Br)c(Br)s1. The molecule has 1 N–H and O–H groups in total. The Balaban J connectivity index is 2.72. The second-order valence-electron chi connectivity index (χ2n) is 4.00. The molecule has 1 aromatic heterocycles. The van der Waals surface area contributed by atoms with Gasteiger partial charge in [0.1, 0.15) is 0 Å². The van der Waals surface area contributed by atoms with Crippen LogP contribution >= 0.6 is 43.2 Å². The molecule has 0 aliphatic rings. The molecule has 0 saturated carbocycles. The lowest BCUT2D eigenvalue weighted by atomic mass is 10.1. The number of halogens is 2. The van der Waals surface area contributed by atoms with Crippen molar-refractivity contribution < 1.29 is 9.53 Å². The Bertz CT molecular complexity index is 371. The third kappa shape index (κ3) is 3.84. The topological polar surface area (TPSA) is 38.3 Å². The molecule has 0 aliphatic heterocycles. The van der Waals surface area contributed by atoms with E-state index in [-0.39, 0.29) is 11.4 Å². The first-order chi connectivity index (χ1) is 7.35. The summed E-state index contributed by atoms with van der Waals surface area (Å²) < 4.78 is 6.86. The zero-order valence-electron chi connectivity index (χ0n) is 9.27. The predicted molar refractivity (Wildman–Crippen MR) is 73.1 cm³/mol. The number of ether oxygens (including phenoxy) is 1. The van der Waals surface area contributed by atoms with E-state index < -0.39 is 0 Å². The van der Waals surface area contributed by atoms with Gasteiger partial charge in [-0.1, -0.05) is 0 Å². The number of methoxy groups -OCH3 is 1. The van der Waals surface area contributed by atoms with Crippen LogP contribution in [-0.2, 0) is 4.74 Å². The molecule has 1 heterocycles. The Labute approximate surface area is 116 Å². The number of rotatable bonds is 4. The van der Waals surface area contributed by atoms with Crippen molar-refractivity contribution >= 4 is 49.1 Å². The average Bonchev–Trinajstić information content (AvgIpc) is 2.46. The maximum atomic E-state index is 11.9. The molecule has 90 valence electrons. The predicted octanol–water partition coefficient (Wildman–Crippen LogP) is 3.43. The van der Waals surface area contributed by atoms with Gasteiger partial charge in [0.05, 0.1) is 20.8 Å². The molecule has 0 fully saturated rings. The third-order valence-electron chi connectivity index (χ3n) is 1.83. The highest BCUT2D eigenvalue weighted by Crippen LogP contribution is 2.32. The average molecular weight is 371 g/mol. The van der Waals surface area contributed by atoms with E-state index in [1.807, 2.05) is 13.8 Å². The maximum absolute atomic E-state index is 11.9. The van der Waals surface area contributed by atoms with E-state index in [9.17, 15) is 4.79 Å². The van der Waals surface area contributed by atoms with Crippen molar-refractivity contribution in [1.82, 2.24) is 5.32 Å². The number of hydrogen-bond donors (Lipinski definition) is 1. The number of carbonyl (C=O) groups is 1. The molecule has 0 unspecified atom stereocenters. The van der Waals surface area contributed by atoms with Crippen LogP contribution in [0.1, 0.15) is 23.5 Å². The standard InChI is InChI=1S/C10H13Br2NO2S/c1-10(2,5-15-3)13-9(14)7-4-6(11)8(12)16-7/h4H,5H2,1-3H3,(H,13,14). The minimum Gasteiger partial charge on any atom is -0.382 e. The molecule has 0 aromatic carbocycles. The number of nitrogens with one attached hydrogen (secondary N) is 1. The Morgan fingerprint density at radius 3 is 2.62 bits per heavy atom. The van der Waals surface area contributed by atoms with E-state index in [1.165, 1.54) is 11.3 Å². The second kappa shape index (κ2) is 5.62. The van der Waals surface area contributed by atoms with Gasteiger partial charge in [0.15, 0.2) is 0 Å². The summed E-state index contributed by atoms with van der Waals surface area (Å²) in [6.07, 6.45) is 0. The molecule has 3 nitrogen and oxygen atoms in total. The zero-order valence-corrected chi connectivity index (χ0v) is 13.3. The third-order valence-corrected chi connectivity index (χ3v) is 5.08. The molecule has 0 bridgehead atoms. The Kier molecular flexibility index (Phi) is 4.97. The van der Waals surface area contributed by atoms with Crippen LogP contribution in [0.15, 0.2) is 14.3 Å². The molecule has 16 heavy (non-hydrogen) atoms. The van der Waals surface area contributed by atoms with Gasteiger partial charge in [-0.15, -0.1) is 11.3 Å². The number of carbonyl (C=O) groups excluding carboxylic acids is 1. The van der Waals surface area contributed by atoms with Crippen molar-refractivity contribution in [2.45, 2.75) is 19.4 Å². The fraction of sp³-hybridized carbons (Fsp3) is 0.500. The molecule has 0 atom stereocenters. The van der Waals surface area contributed by atoms with Crippen molar-refractivity contribution in [2.24, 2.45) is 0 Å². The molecule has 1 rings (SSSR count). The van der Waals surface area contributed by atoms with Crippen LogP contribution in [0.2, 0.25) is 0 Å². The molecular formula is C10H13Br2NO2S. The number of amides is 1. The summed E-state index contributed by atoms with van der Waals surface area (Å²) in [6.45, 7) is 4.32. The Morgan fingerprint density at radius 1 is 1.56 bits per heavy atom. The highest BCUT2D eigenvalue weighted by Gasteiger charge is 2.22. The van der Waals surface area contributed by atoms with Crippen molar-refractivity contribution in [1.29, 1.82) is 0 Å². The summed E-state index contributed by atoms with van der Waals surface area (Å²) in [5.41, 5.74) is -0.366. The fourth-order valence-electron chi connectivity index (χ4n) is 1.22. The Morgan fingerprint density at radius 2 is 2.19 bits per heavy atom. The lowest BCUT2D eigenvalue weighted by Gasteiger charge is -2.24. The molecular weight excluding hydrogens is 358 g/mol. The van der Waals surface area contributed by atoms with Crippen molar-refractivity contribution in [2.75, 3.05) is 13.7 Å². The normalized spacial score (nSPS) is 11.6. The zero-order chi connectivity index (χ0) is 12.3. The molecule has 1 aromatic rings. The minimum absolute atomic E-state index is 0.0848. The van der Waals surface area contributed by atoms with E-state index >= 15 is 0 Å². The van der Waals surface area contributed by atoms with Crippen LogP contribution in [0, 0.1) is 0 Å². The van der Waals surface area contributed by atoms with E-state index in [2.05, 4.69) is 37.2 Å². The molecule has 0 spiro atoms. The van der Waals surface area contributed by atoms with E-state index in [1.54, 1.807) is 13.2 Å². The van der Waals surface area contributed by atoms with Crippen molar-refractivity contribution in [3.8, 4) is 0 Å². The van der Waals surface area contributed by atoms with Gasteiger partial charge in [-0.3, -0.25) is 4.79 Å². The monoisotopic (exact) mass is 369 g/mol. The summed E-state index contributed by atoms with van der Waals surface area (Å²) >= 11 is 8.11. The minimum atomic E-state index is -0.366. The molecule has 6 heteroatoms. The van der Waals surface area contributed by atoms with Crippen LogP contribution < -0.4 is 5.32 Å². The first-order valence-electron chi connectivity index (χ1n) is 4.62. The number of hydrogen-bond acceptors (Lipinski definition) is 3. The highest BCUT2D eigenvalue weighted by atomic mass is 79.9. The molecule has 1 amide bonds. The molecule has 0 radical (unpaired) electrons. The largest absolute Gasteiger partial charge is 0.382 e. The van der Waals surface area contributed by atoms with Gasteiger partial charge in [0, 0.05) is 11.6 Å². The van der Waals surface area contributed by atoms with Crippen LogP contribution in [0.25, 0.3) is 0 Å². The van der Waals surface area contributed by atoms with E-state index in [0.717, 1.165) is 8.26 Å². The first kappa shape index (κ1) is 14.2. The summed E-state index contributed by atoms with van der Waals surface area (Å²) in [5.74, 6) is -0.0848. The lowest BCUT2D eigenvalue weighted by molar-refractivity contribution is 0.0824. The summed E-state index contributed by atoms with van der Waals surface area (Å²) in [7, 11) is 1.62. The molecule has 0 aliphatic carbocycles. The van der Waals surface area contributed by atoms with Gasteiger partial charge in [-0.25, -0.2) is 0 Å². The lowest BCUT2D eigenvalue weighted by Crippen LogP contribution is -2.46. The van der Waals surface area contributed by atoms with Gasteiger partial charge < -0.3 is 10.1 Å².